The maximum Gasteiger partial charge on any atom is 0.138 e. The molecule has 2 N–H and O–H groups in total. The molecule has 3 nitrogen and oxygen atoms in total. The van der Waals surface area contributed by atoms with E-state index < -0.39 is 5.60 Å². The zero-order valence-electron chi connectivity index (χ0n) is 10.6. The first kappa shape index (κ1) is 14.3. The molecular weight excluding hydrogens is 238 g/mol. The van der Waals surface area contributed by atoms with Gasteiger partial charge in [-0.1, -0.05) is 24.6 Å². The Morgan fingerprint density at radius 2 is 2.12 bits per heavy atom. The quantitative estimate of drug-likeness (QED) is 0.823. The van der Waals surface area contributed by atoms with E-state index in [-0.39, 0.29) is 6.61 Å². The summed E-state index contributed by atoms with van der Waals surface area (Å²) in [5.41, 5.74) is 0.263. The molecule has 0 aliphatic heterocycles. The summed E-state index contributed by atoms with van der Waals surface area (Å²) in [5.74, 6) is 0.606. The molecule has 1 rings (SSSR count). The summed E-state index contributed by atoms with van der Waals surface area (Å²) in [6.45, 7) is 7.39. The van der Waals surface area contributed by atoms with Crippen LogP contribution < -0.4 is 10.1 Å². The van der Waals surface area contributed by atoms with Crippen LogP contribution in [-0.4, -0.2) is 23.9 Å². The minimum atomic E-state index is -0.855. The van der Waals surface area contributed by atoms with Gasteiger partial charge in [0.25, 0.3) is 0 Å². The molecule has 0 atom stereocenters. The fourth-order valence-electron chi connectivity index (χ4n) is 1.30. The number of hydrogen-bond donors (Lipinski definition) is 2. The highest BCUT2D eigenvalue weighted by Crippen LogP contribution is 2.26. The summed E-state index contributed by atoms with van der Waals surface area (Å²) in [6, 6.07) is 5.68. The molecule has 1 aromatic rings. The van der Waals surface area contributed by atoms with Crippen molar-refractivity contribution in [3.8, 4) is 5.75 Å². The van der Waals surface area contributed by atoms with E-state index >= 15 is 0 Å². The lowest BCUT2D eigenvalue weighted by Gasteiger charge is -2.18. The van der Waals surface area contributed by atoms with Crippen molar-refractivity contribution in [3.63, 3.8) is 0 Å². The number of halogens is 1. The maximum atomic E-state index is 9.56. The standard InChI is InChI=1S/C13H20ClNO2/c1-4-15-8-10-5-6-12(11(14)7-10)17-9-13(2,3)16/h5-7,15-16H,4,8-9H2,1-3H3. The number of nitrogens with one attached hydrogen (secondary N) is 1. The van der Waals surface area contributed by atoms with Crippen LogP contribution in [0, 0.1) is 0 Å². The summed E-state index contributed by atoms with van der Waals surface area (Å²) in [6.07, 6.45) is 0. The number of rotatable bonds is 6. The van der Waals surface area contributed by atoms with Gasteiger partial charge in [0.15, 0.2) is 0 Å². The van der Waals surface area contributed by atoms with E-state index in [1.807, 2.05) is 18.2 Å². The van der Waals surface area contributed by atoms with Gasteiger partial charge in [0.1, 0.15) is 12.4 Å². The maximum absolute atomic E-state index is 9.56. The minimum Gasteiger partial charge on any atom is -0.489 e. The van der Waals surface area contributed by atoms with E-state index in [2.05, 4.69) is 12.2 Å². The van der Waals surface area contributed by atoms with Gasteiger partial charge in [-0.25, -0.2) is 0 Å². The number of hydrogen-bond acceptors (Lipinski definition) is 3. The van der Waals surface area contributed by atoms with E-state index in [1.54, 1.807) is 13.8 Å². The Hall–Kier alpha value is -0.770. The van der Waals surface area contributed by atoms with Crippen molar-refractivity contribution in [2.24, 2.45) is 0 Å². The second-order valence-corrected chi connectivity index (χ2v) is 5.05. The molecule has 0 aliphatic rings. The summed E-state index contributed by atoms with van der Waals surface area (Å²) in [7, 11) is 0. The van der Waals surface area contributed by atoms with Gasteiger partial charge in [0.05, 0.1) is 10.6 Å². The van der Waals surface area contributed by atoms with Crippen molar-refractivity contribution in [1.29, 1.82) is 0 Å². The predicted octanol–water partition coefficient (Wildman–Crippen LogP) is 2.60. The molecule has 0 bridgehead atoms. The van der Waals surface area contributed by atoms with E-state index in [0.29, 0.717) is 10.8 Å². The molecule has 1 aromatic carbocycles. The lowest BCUT2D eigenvalue weighted by molar-refractivity contribution is 0.0285. The van der Waals surface area contributed by atoms with Gasteiger partial charge in [-0.2, -0.15) is 0 Å². The van der Waals surface area contributed by atoms with Gasteiger partial charge < -0.3 is 15.2 Å². The molecule has 0 saturated carbocycles. The SMILES string of the molecule is CCNCc1ccc(OCC(C)(C)O)c(Cl)c1. The molecule has 17 heavy (non-hydrogen) atoms. The van der Waals surface area contributed by atoms with Crippen molar-refractivity contribution < 1.29 is 9.84 Å². The zero-order valence-corrected chi connectivity index (χ0v) is 11.3. The van der Waals surface area contributed by atoms with Crippen LogP contribution in [0.25, 0.3) is 0 Å². The lowest BCUT2D eigenvalue weighted by atomic mass is 10.1. The highest BCUT2D eigenvalue weighted by Gasteiger charge is 2.14. The first-order valence-electron chi connectivity index (χ1n) is 5.76. The average Bonchev–Trinajstić information content (AvgIpc) is 2.23. The molecule has 0 amide bonds. The monoisotopic (exact) mass is 257 g/mol. The molecule has 0 spiro atoms. The Morgan fingerprint density at radius 1 is 1.41 bits per heavy atom. The number of aliphatic hydroxyl groups is 1. The minimum absolute atomic E-state index is 0.222. The Morgan fingerprint density at radius 3 is 2.65 bits per heavy atom. The molecular formula is C13H20ClNO2. The Kier molecular flexibility index (Phi) is 5.25. The molecule has 96 valence electrons. The predicted molar refractivity (Wildman–Crippen MR) is 70.6 cm³/mol. The zero-order chi connectivity index (χ0) is 12.9. The van der Waals surface area contributed by atoms with Crippen LogP contribution in [0.4, 0.5) is 0 Å². The molecule has 0 fully saturated rings. The summed E-state index contributed by atoms with van der Waals surface area (Å²) in [5, 5.41) is 13.4. The normalized spacial score (nSPS) is 11.6. The fourth-order valence-corrected chi connectivity index (χ4v) is 1.55. The Bertz CT molecular complexity index is 361. The Labute approximate surface area is 108 Å². The summed E-state index contributed by atoms with van der Waals surface area (Å²) >= 11 is 6.10. The van der Waals surface area contributed by atoms with Crippen LogP contribution in [0.3, 0.4) is 0 Å². The molecule has 4 heteroatoms. The largest absolute Gasteiger partial charge is 0.489 e. The van der Waals surface area contributed by atoms with E-state index in [4.69, 9.17) is 16.3 Å². The molecule has 0 radical (unpaired) electrons. The first-order valence-corrected chi connectivity index (χ1v) is 6.14. The fraction of sp³-hybridized carbons (Fsp3) is 0.538. The van der Waals surface area contributed by atoms with Gasteiger partial charge in [-0.3, -0.25) is 0 Å². The molecule has 0 aromatic heterocycles. The Balaban J connectivity index is 2.63. The van der Waals surface area contributed by atoms with Crippen LogP contribution >= 0.6 is 11.6 Å². The number of ether oxygens (including phenoxy) is 1. The van der Waals surface area contributed by atoms with E-state index in [0.717, 1.165) is 18.7 Å². The average molecular weight is 258 g/mol. The third-order valence-electron chi connectivity index (χ3n) is 2.16. The number of benzene rings is 1. The van der Waals surface area contributed by atoms with Crippen LogP contribution in [0.1, 0.15) is 26.3 Å². The van der Waals surface area contributed by atoms with E-state index in [1.165, 1.54) is 0 Å². The van der Waals surface area contributed by atoms with Crippen LogP contribution in [-0.2, 0) is 6.54 Å². The molecule has 0 aliphatic carbocycles. The first-order chi connectivity index (χ1) is 7.92. The van der Waals surface area contributed by atoms with Gasteiger partial charge in [-0.15, -0.1) is 0 Å². The summed E-state index contributed by atoms with van der Waals surface area (Å²) in [4.78, 5) is 0. The molecule has 0 heterocycles. The highest BCUT2D eigenvalue weighted by molar-refractivity contribution is 6.32. The lowest BCUT2D eigenvalue weighted by Crippen LogP contribution is -2.27. The summed E-state index contributed by atoms with van der Waals surface area (Å²) < 4.78 is 5.46. The second kappa shape index (κ2) is 6.24. The van der Waals surface area contributed by atoms with Gasteiger partial charge in [-0.05, 0) is 38.1 Å². The van der Waals surface area contributed by atoms with Crippen LogP contribution in [0.5, 0.6) is 5.75 Å². The molecule has 0 saturated heterocycles. The van der Waals surface area contributed by atoms with Crippen molar-refractivity contribution in [3.05, 3.63) is 28.8 Å². The van der Waals surface area contributed by atoms with Gasteiger partial charge >= 0.3 is 0 Å². The van der Waals surface area contributed by atoms with Crippen molar-refractivity contribution in [2.75, 3.05) is 13.2 Å². The van der Waals surface area contributed by atoms with Crippen molar-refractivity contribution >= 4 is 11.6 Å². The van der Waals surface area contributed by atoms with Crippen molar-refractivity contribution in [2.45, 2.75) is 32.9 Å². The molecule has 0 unspecified atom stereocenters. The van der Waals surface area contributed by atoms with Gasteiger partial charge in [0.2, 0.25) is 0 Å². The van der Waals surface area contributed by atoms with Crippen LogP contribution in [0.2, 0.25) is 5.02 Å². The van der Waals surface area contributed by atoms with Gasteiger partial charge in [0, 0.05) is 6.54 Å². The smallest absolute Gasteiger partial charge is 0.138 e. The topological polar surface area (TPSA) is 41.5 Å². The highest BCUT2D eigenvalue weighted by atomic mass is 35.5. The third kappa shape index (κ3) is 5.39. The van der Waals surface area contributed by atoms with E-state index in [9.17, 15) is 5.11 Å². The third-order valence-corrected chi connectivity index (χ3v) is 2.45. The van der Waals surface area contributed by atoms with Crippen LogP contribution in [0.15, 0.2) is 18.2 Å². The van der Waals surface area contributed by atoms with Crippen molar-refractivity contribution in [1.82, 2.24) is 5.32 Å². The second-order valence-electron chi connectivity index (χ2n) is 4.65.